The van der Waals surface area contributed by atoms with Gasteiger partial charge in [0, 0.05) is 18.3 Å². The Morgan fingerprint density at radius 3 is 2.81 bits per heavy atom. The smallest absolute Gasteiger partial charge is 0.332 e. The van der Waals surface area contributed by atoms with Crippen molar-refractivity contribution in [1.82, 2.24) is 5.43 Å². The molecule has 0 saturated carbocycles. The van der Waals surface area contributed by atoms with Crippen LogP contribution in [-0.2, 0) is 0 Å². The summed E-state index contributed by atoms with van der Waals surface area (Å²) < 4.78 is 0. The lowest BCUT2D eigenvalue weighted by Crippen LogP contribution is -2.45. The molecule has 1 aromatic carbocycles. The fourth-order valence-electron chi connectivity index (χ4n) is 3.04. The van der Waals surface area contributed by atoms with Gasteiger partial charge >= 0.3 is 6.03 Å². The van der Waals surface area contributed by atoms with E-state index in [0.29, 0.717) is 5.92 Å². The number of fused-ring (bicyclic) bond motifs is 1. The quantitative estimate of drug-likeness (QED) is 0.649. The van der Waals surface area contributed by atoms with E-state index in [2.05, 4.69) is 55.4 Å². The van der Waals surface area contributed by atoms with E-state index < -0.39 is 6.03 Å². The lowest BCUT2D eigenvalue weighted by atomic mass is 9.79. The van der Waals surface area contributed by atoms with Crippen LogP contribution in [0.3, 0.4) is 0 Å². The fraction of sp³-hybridized carbons (Fsp3) is 0.500. The molecular formula is C16H24N4O. The summed E-state index contributed by atoms with van der Waals surface area (Å²) in [6.45, 7) is 8.85. The zero-order chi connectivity index (χ0) is 15.8. The highest BCUT2D eigenvalue weighted by Crippen LogP contribution is 2.43. The molecule has 1 aliphatic heterocycles. The van der Waals surface area contributed by atoms with E-state index in [9.17, 15) is 4.79 Å². The van der Waals surface area contributed by atoms with E-state index >= 15 is 0 Å². The first-order valence-electron chi connectivity index (χ1n) is 7.19. The van der Waals surface area contributed by atoms with E-state index in [1.54, 1.807) is 6.21 Å². The minimum absolute atomic E-state index is 0.155. The average molecular weight is 288 g/mol. The average Bonchev–Trinajstić information content (AvgIpc) is 2.36. The van der Waals surface area contributed by atoms with Crippen molar-refractivity contribution < 1.29 is 4.79 Å². The van der Waals surface area contributed by atoms with Crippen molar-refractivity contribution in [3.63, 3.8) is 0 Å². The lowest BCUT2D eigenvalue weighted by Gasteiger charge is -2.45. The third-order valence-electron chi connectivity index (χ3n) is 4.40. The van der Waals surface area contributed by atoms with Crippen LogP contribution in [0.15, 0.2) is 17.2 Å². The highest BCUT2D eigenvalue weighted by molar-refractivity contribution is 5.85. The summed E-state index contributed by atoms with van der Waals surface area (Å²) in [6.07, 6.45) is 2.75. The number of hydrazone groups is 1. The maximum absolute atomic E-state index is 10.7. The second-order valence-electron chi connectivity index (χ2n) is 6.48. The van der Waals surface area contributed by atoms with Gasteiger partial charge in [0.15, 0.2) is 0 Å². The van der Waals surface area contributed by atoms with Crippen molar-refractivity contribution in [2.75, 3.05) is 11.9 Å². The van der Waals surface area contributed by atoms with Gasteiger partial charge in [0.05, 0.1) is 6.21 Å². The number of aryl methyl sites for hydroxylation is 1. The van der Waals surface area contributed by atoms with Crippen LogP contribution < -0.4 is 16.1 Å². The van der Waals surface area contributed by atoms with Gasteiger partial charge in [-0.05, 0) is 61.9 Å². The topological polar surface area (TPSA) is 70.7 Å². The van der Waals surface area contributed by atoms with Crippen LogP contribution in [0.4, 0.5) is 10.5 Å². The van der Waals surface area contributed by atoms with E-state index in [1.807, 2.05) is 6.92 Å². The minimum Gasteiger partial charge on any atom is -0.369 e. The number of hydrogen-bond acceptors (Lipinski definition) is 3. The molecule has 0 radical (unpaired) electrons. The molecule has 0 aromatic heterocycles. The Morgan fingerprint density at radius 1 is 1.52 bits per heavy atom. The Morgan fingerprint density at radius 2 is 2.19 bits per heavy atom. The van der Waals surface area contributed by atoms with Crippen LogP contribution in [0, 0.1) is 6.92 Å². The monoisotopic (exact) mass is 288 g/mol. The van der Waals surface area contributed by atoms with Crippen molar-refractivity contribution in [3.8, 4) is 0 Å². The first-order chi connectivity index (χ1) is 9.72. The van der Waals surface area contributed by atoms with Gasteiger partial charge in [-0.3, -0.25) is 0 Å². The van der Waals surface area contributed by atoms with E-state index in [4.69, 9.17) is 5.73 Å². The number of nitrogens with zero attached hydrogens (tertiary/aromatic N) is 2. The van der Waals surface area contributed by atoms with Crippen LogP contribution in [-0.4, -0.2) is 24.8 Å². The van der Waals surface area contributed by atoms with Crippen molar-refractivity contribution in [2.45, 2.75) is 45.6 Å². The van der Waals surface area contributed by atoms with Gasteiger partial charge in [0.2, 0.25) is 0 Å². The summed E-state index contributed by atoms with van der Waals surface area (Å²) in [5.74, 6) is 0.489. The number of amides is 2. The van der Waals surface area contributed by atoms with E-state index in [1.165, 1.54) is 11.3 Å². The predicted octanol–water partition coefficient (Wildman–Crippen LogP) is 2.72. The Hall–Kier alpha value is -2.04. The summed E-state index contributed by atoms with van der Waals surface area (Å²) in [5, 5.41) is 3.86. The Kier molecular flexibility index (Phi) is 3.94. The SMILES string of the molecule is Cc1cc2c(cc1/C=N\NC(N)=O)C(C)CC(C)(C)N2C. The number of carbonyl (C=O) groups is 1. The van der Waals surface area contributed by atoms with Gasteiger partial charge in [-0.25, -0.2) is 10.2 Å². The van der Waals surface area contributed by atoms with Gasteiger partial charge in [0.1, 0.15) is 0 Å². The van der Waals surface area contributed by atoms with Crippen LogP contribution in [0.25, 0.3) is 0 Å². The van der Waals surface area contributed by atoms with Gasteiger partial charge in [-0.1, -0.05) is 6.92 Å². The lowest BCUT2D eigenvalue weighted by molar-refractivity contribution is 0.249. The molecule has 1 unspecified atom stereocenters. The Labute approximate surface area is 126 Å². The van der Waals surface area contributed by atoms with Crippen LogP contribution >= 0.6 is 0 Å². The molecule has 0 aliphatic carbocycles. The summed E-state index contributed by atoms with van der Waals surface area (Å²) in [7, 11) is 2.15. The normalized spacial score (nSPS) is 20.4. The van der Waals surface area contributed by atoms with Crippen LogP contribution in [0.2, 0.25) is 0 Å². The molecule has 0 bridgehead atoms. The number of carbonyl (C=O) groups excluding carboxylic acids is 1. The number of hydrogen-bond donors (Lipinski definition) is 2. The zero-order valence-corrected chi connectivity index (χ0v) is 13.4. The highest BCUT2D eigenvalue weighted by Gasteiger charge is 2.34. The molecule has 0 saturated heterocycles. The van der Waals surface area contributed by atoms with Crippen molar-refractivity contribution in [1.29, 1.82) is 0 Å². The molecule has 21 heavy (non-hydrogen) atoms. The van der Waals surface area contributed by atoms with E-state index in [0.717, 1.165) is 17.5 Å². The molecule has 0 fully saturated rings. The van der Waals surface area contributed by atoms with Crippen molar-refractivity contribution in [3.05, 3.63) is 28.8 Å². The number of urea groups is 1. The Balaban J connectivity index is 2.41. The van der Waals surface area contributed by atoms with Crippen LogP contribution in [0.5, 0.6) is 0 Å². The predicted molar refractivity (Wildman–Crippen MR) is 87.0 cm³/mol. The first kappa shape index (κ1) is 15.4. The summed E-state index contributed by atoms with van der Waals surface area (Å²) in [5.41, 5.74) is 12.1. The summed E-state index contributed by atoms with van der Waals surface area (Å²) >= 11 is 0. The molecule has 2 amide bonds. The van der Waals surface area contributed by atoms with Gasteiger partial charge in [0.25, 0.3) is 0 Å². The molecule has 2 rings (SSSR count). The molecule has 1 aliphatic rings. The second-order valence-corrected chi connectivity index (χ2v) is 6.48. The second kappa shape index (κ2) is 5.39. The molecule has 1 atom stereocenters. The maximum Gasteiger partial charge on any atom is 0.332 e. The van der Waals surface area contributed by atoms with Crippen molar-refractivity contribution >= 4 is 17.9 Å². The molecule has 114 valence electrons. The van der Waals surface area contributed by atoms with Gasteiger partial charge < -0.3 is 10.6 Å². The largest absolute Gasteiger partial charge is 0.369 e. The number of rotatable bonds is 2. The number of primary amides is 1. The van der Waals surface area contributed by atoms with Crippen LogP contribution in [0.1, 0.15) is 49.8 Å². The number of anilines is 1. The van der Waals surface area contributed by atoms with Gasteiger partial charge in [-0.2, -0.15) is 5.10 Å². The molecule has 1 aromatic rings. The molecule has 5 heteroatoms. The number of benzene rings is 1. The van der Waals surface area contributed by atoms with Crippen molar-refractivity contribution in [2.24, 2.45) is 10.8 Å². The molecule has 0 spiro atoms. The Bertz CT molecular complexity index is 592. The zero-order valence-electron chi connectivity index (χ0n) is 13.4. The van der Waals surface area contributed by atoms with E-state index in [-0.39, 0.29) is 5.54 Å². The molecular weight excluding hydrogens is 264 g/mol. The molecule has 3 N–H and O–H groups in total. The third-order valence-corrected chi connectivity index (χ3v) is 4.40. The van der Waals surface area contributed by atoms with Gasteiger partial charge in [-0.15, -0.1) is 0 Å². The molecule has 1 heterocycles. The number of nitrogens with one attached hydrogen (secondary N) is 1. The standard InChI is InChI=1S/C16H24N4O/c1-10-6-14-13(7-12(10)9-18-19-15(17)21)11(2)8-16(3,4)20(14)5/h6-7,9,11H,8H2,1-5H3,(H3,17,19,21)/b18-9-. The molecule has 5 nitrogen and oxygen atoms in total. The summed E-state index contributed by atoms with van der Waals surface area (Å²) in [6, 6.07) is 3.70. The maximum atomic E-state index is 10.7. The minimum atomic E-state index is -0.656. The summed E-state index contributed by atoms with van der Waals surface area (Å²) in [4.78, 5) is 13.0. The third kappa shape index (κ3) is 3.01. The fourth-order valence-corrected chi connectivity index (χ4v) is 3.04. The first-order valence-corrected chi connectivity index (χ1v) is 7.19. The number of nitrogens with two attached hydrogens (primary N) is 1. The highest BCUT2D eigenvalue weighted by atomic mass is 16.2.